The number of azo groups is 1. The summed E-state index contributed by atoms with van der Waals surface area (Å²) in [6.07, 6.45) is 2.05. The van der Waals surface area contributed by atoms with E-state index in [1.54, 1.807) is 23.9 Å². The van der Waals surface area contributed by atoms with Gasteiger partial charge in [0.05, 0.1) is 26.9 Å². The minimum absolute atomic E-state index is 0.196. The molecule has 364 valence electrons. The van der Waals surface area contributed by atoms with Crippen LogP contribution in [0.25, 0.3) is 22.8 Å². The van der Waals surface area contributed by atoms with E-state index in [2.05, 4.69) is 84.0 Å². The third-order valence-corrected chi connectivity index (χ3v) is 13.8. The van der Waals surface area contributed by atoms with E-state index in [0.29, 0.717) is 61.9 Å². The smallest absolute Gasteiger partial charge is 0.294 e. The van der Waals surface area contributed by atoms with Crippen molar-refractivity contribution >= 4 is 111 Å². The second-order valence-corrected chi connectivity index (χ2v) is 20.0. The molecule has 3 aromatic heterocycles. The van der Waals surface area contributed by atoms with E-state index in [1.165, 1.54) is 36.4 Å². The molecular weight excluding hydrogens is 983 g/mol. The van der Waals surface area contributed by atoms with Gasteiger partial charge in [-0.25, -0.2) is 0 Å². The number of rotatable bonds is 20. The molecule has 26 heteroatoms. The average molecular weight is 1030 g/mol. The molecule has 0 radical (unpaired) electrons. The SMILES string of the molecule is CCCCSc1nc(Nc2cc(N(CC)CC)ccc2N)nc(Nc2cc(N(CC)CC)ccc2N=Nc2nc(-c3cccc(S(=O)(=O)O)c3)ns2)n1.Nc1nc(-c2cccc(S(=O)(=O)O)c2)ns1. The lowest BCUT2D eigenvalue weighted by Crippen LogP contribution is -2.21. The molecule has 0 aliphatic rings. The number of thioether (sulfide) groups is 1. The Hall–Kier alpha value is -6.42. The van der Waals surface area contributed by atoms with Crippen molar-refractivity contribution in [3.05, 3.63) is 84.9 Å². The molecule has 8 N–H and O–H groups in total. The molecule has 0 saturated heterocycles. The maximum Gasteiger partial charge on any atom is 0.294 e. The Morgan fingerprint density at radius 1 is 0.638 bits per heavy atom. The van der Waals surface area contributed by atoms with Gasteiger partial charge in [0.15, 0.2) is 21.9 Å². The molecule has 0 bridgehead atoms. The molecule has 4 aromatic carbocycles. The summed E-state index contributed by atoms with van der Waals surface area (Å²) in [5.74, 6) is 2.09. The zero-order valence-corrected chi connectivity index (χ0v) is 42.3. The van der Waals surface area contributed by atoms with Crippen LogP contribution < -0.4 is 31.9 Å². The lowest BCUT2D eigenvalue weighted by Gasteiger charge is -2.22. The highest BCUT2D eigenvalue weighted by molar-refractivity contribution is 7.99. The van der Waals surface area contributed by atoms with Gasteiger partial charge in [0.2, 0.25) is 17.0 Å². The zero-order valence-electron chi connectivity index (χ0n) is 38.2. The predicted octanol–water partition coefficient (Wildman–Crippen LogP) is 9.74. The molecule has 69 heavy (non-hydrogen) atoms. The molecule has 0 atom stereocenters. The number of anilines is 8. The van der Waals surface area contributed by atoms with Gasteiger partial charge in [0, 0.05) is 77.5 Å². The van der Waals surface area contributed by atoms with Gasteiger partial charge in [-0.1, -0.05) is 49.4 Å². The largest absolute Gasteiger partial charge is 0.397 e. The Morgan fingerprint density at radius 2 is 1.17 bits per heavy atom. The van der Waals surface area contributed by atoms with Crippen molar-refractivity contribution in [1.29, 1.82) is 0 Å². The van der Waals surface area contributed by atoms with Crippen LogP contribution in [0.2, 0.25) is 0 Å². The van der Waals surface area contributed by atoms with E-state index in [1.807, 2.05) is 36.4 Å². The average Bonchev–Trinajstić information content (AvgIpc) is 4.00. The van der Waals surface area contributed by atoms with E-state index in [0.717, 1.165) is 79.2 Å². The summed E-state index contributed by atoms with van der Waals surface area (Å²) in [5.41, 5.74) is 17.1. The van der Waals surface area contributed by atoms with Gasteiger partial charge in [-0.05, 0) is 94.8 Å². The van der Waals surface area contributed by atoms with Crippen molar-refractivity contribution in [2.45, 2.75) is 62.4 Å². The third-order valence-electron chi connectivity index (χ3n) is 9.99. The molecule has 0 saturated carbocycles. The first-order valence-corrected chi connectivity index (χ1v) is 26.9. The summed E-state index contributed by atoms with van der Waals surface area (Å²) in [6, 6.07) is 23.1. The fraction of sp³-hybridized carbons (Fsp3) is 0.279. The van der Waals surface area contributed by atoms with Crippen molar-refractivity contribution in [3.63, 3.8) is 0 Å². The van der Waals surface area contributed by atoms with E-state index in [-0.39, 0.29) is 20.7 Å². The van der Waals surface area contributed by atoms with E-state index < -0.39 is 20.2 Å². The van der Waals surface area contributed by atoms with Gasteiger partial charge < -0.3 is 31.9 Å². The number of nitrogens with zero attached hydrogens (tertiary/aromatic N) is 11. The minimum Gasteiger partial charge on any atom is -0.397 e. The number of nitrogens with one attached hydrogen (secondary N) is 2. The highest BCUT2D eigenvalue weighted by Gasteiger charge is 2.17. The van der Waals surface area contributed by atoms with Crippen LogP contribution in [-0.4, -0.2) is 91.5 Å². The summed E-state index contributed by atoms with van der Waals surface area (Å²) >= 11 is 3.57. The lowest BCUT2D eigenvalue weighted by molar-refractivity contribution is 0.481. The Morgan fingerprint density at radius 3 is 1.71 bits per heavy atom. The summed E-state index contributed by atoms with van der Waals surface area (Å²) in [5, 5.41) is 16.7. The first-order valence-electron chi connectivity index (χ1n) is 21.5. The molecule has 21 nitrogen and oxygen atoms in total. The second-order valence-electron chi connectivity index (χ2n) is 14.6. The predicted molar refractivity (Wildman–Crippen MR) is 275 cm³/mol. The Kier molecular flexibility index (Phi) is 17.9. The molecule has 0 aliphatic carbocycles. The quantitative estimate of drug-likeness (QED) is 0.0136. The van der Waals surface area contributed by atoms with Crippen molar-refractivity contribution in [2.24, 2.45) is 10.2 Å². The first kappa shape index (κ1) is 52.0. The lowest BCUT2D eigenvalue weighted by atomic mass is 10.2. The molecule has 0 amide bonds. The number of nitrogen functional groups attached to an aromatic ring is 2. The summed E-state index contributed by atoms with van der Waals surface area (Å²) in [7, 11) is -8.60. The van der Waals surface area contributed by atoms with Crippen molar-refractivity contribution in [2.75, 3.05) is 63.8 Å². The second kappa shape index (κ2) is 23.7. The summed E-state index contributed by atoms with van der Waals surface area (Å²) < 4.78 is 71.7. The van der Waals surface area contributed by atoms with Gasteiger partial charge >= 0.3 is 0 Å². The molecule has 3 heterocycles. The van der Waals surface area contributed by atoms with Crippen LogP contribution in [0, 0.1) is 0 Å². The number of aromatic nitrogens is 7. The van der Waals surface area contributed by atoms with Crippen LogP contribution in [0.1, 0.15) is 47.5 Å². The number of hydrogen-bond donors (Lipinski definition) is 6. The third kappa shape index (κ3) is 14.3. The normalized spacial score (nSPS) is 11.6. The van der Waals surface area contributed by atoms with Crippen molar-refractivity contribution in [1.82, 2.24) is 33.7 Å². The molecule has 0 aliphatic heterocycles. The van der Waals surface area contributed by atoms with Gasteiger partial charge in [-0.15, -0.1) is 10.2 Å². The van der Waals surface area contributed by atoms with Crippen LogP contribution in [0.4, 0.5) is 56.3 Å². The Balaban J connectivity index is 0.000000411. The van der Waals surface area contributed by atoms with E-state index in [4.69, 9.17) is 31.0 Å². The summed E-state index contributed by atoms with van der Waals surface area (Å²) in [6.45, 7) is 13.9. The Labute approximate surface area is 412 Å². The molecule has 0 spiro atoms. The summed E-state index contributed by atoms with van der Waals surface area (Å²) in [4.78, 5) is 26.6. The number of benzene rings is 4. The maximum absolute atomic E-state index is 11.6. The van der Waals surface area contributed by atoms with Gasteiger partial charge in [0.1, 0.15) is 5.69 Å². The number of hydrogen-bond acceptors (Lipinski definition) is 22. The standard InChI is InChI=1S/C35H44N12O3S3.C8H7N3O3S2/c1-6-11-19-51-34-41-32(37-29-21-24(15-17-27(29)36)46(7-2)8-3)40-33(42-34)38-30-22-25(47(9-4)10-5)16-18-28(30)43-44-35-39-31(45-52-35)23-13-12-14-26(20-23)53(48,49)50;9-8-10-7(11-15-8)5-2-1-3-6(4-5)16(12,13)14/h12-18,20-22H,6-11,19,36H2,1-5H3,(H,48,49,50)(H2,37,38,40,41,42);1-4H,(H2,9,10,11)(H,12,13,14). The molecule has 7 aromatic rings. The molecule has 0 fully saturated rings. The van der Waals surface area contributed by atoms with Crippen LogP contribution in [0.5, 0.6) is 0 Å². The highest BCUT2D eigenvalue weighted by Crippen LogP contribution is 2.35. The minimum atomic E-state index is -4.39. The number of unbranched alkanes of at least 4 members (excludes halogenated alkanes) is 1. The molecule has 7 rings (SSSR count). The van der Waals surface area contributed by atoms with Crippen molar-refractivity contribution in [3.8, 4) is 22.8 Å². The maximum atomic E-state index is 11.6. The van der Waals surface area contributed by atoms with E-state index in [9.17, 15) is 21.4 Å². The van der Waals surface area contributed by atoms with Crippen LogP contribution in [-0.2, 0) is 20.2 Å². The Bertz CT molecular complexity index is 3110. The topological polar surface area (TPSA) is 306 Å². The van der Waals surface area contributed by atoms with Gasteiger partial charge in [-0.3, -0.25) is 9.11 Å². The molecule has 0 unspecified atom stereocenters. The highest BCUT2D eigenvalue weighted by atomic mass is 32.2. The van der Waals surface area contributed by atoms with Crippen molar-refractivity contribution < 1.29 is 25.9 Å². The van der Waals surface area contributed by atoms with Crippen LogP contribution in [0.15, 0.2) is 110 Å². The van der Waals surface area contributed by atoms with Gasteiger partial charge in [0.25, 0.3) is 20.2 Å². The fourth-order valence-electron chi connectivity index (χ4n) is 6.43. The molecular formula is C43H51N15O6S5. The first-order chi connectivity index (χ1) is 33.0. The van der Waals surface area contributed by atoms with E-state index >= 15 is 0 Å². The zero-order chi connectivity index (χ0) is 49.7. The number of nitrogens with two attached hydrogens (primary N) is 2. The van der Waals surface area contributed by atoms with Gasteiger partial charge in [-0.2, -0.15) is 50.5 Å². The fourth-order valence-corrected chi connectivity index (χ4v) is 9.37. The monoisotopic (exact) mass is 1030 g/mol. The van der Waals surface area contributed by atoms with Crippen LogP contribution in [0.3, 0.4) is 0 Å². The van der Waals surface area contributed by atoms with Crippen LogP contribution >= 0.6 is 34.8 Å².